The van der Waals surface area contributed by atoms with Gasteiger partial charge in [-0.15, -0.1) is 0 Å². The van der Waals surface area contributed by atoms with Gasteiger partial charge >= 0.3 is 0 Å². The second-order valence-electron chi connectivity index (χ2n) is 6.68. The van der Waals surface area contributed by atoms with Crippen LogP contribution in [-0.4, -0.2) is 10.9 Å². The fraction of sp³-hybridized carbons (Fsp3) is 0.0833. The molecule has 0 radical (unpaired) electrons. The van der Waals surface area contributed by atoms with Crippen molar-refractivity contribution in [1.29, 1.82) is 0 Å². The summed E-state index contributed by atoms with van der Waals surface area (Å²) < 4.78 is 1.01. The molecule has 1 atom stereocenters. The molecule has 0 fully saturated rings. The van der Waals surface area contributed by atoms with Gasteiger partial charge in [0.2, 0.25) is 0 Å². The van der Waals surface area contributed by atoms with Gasteiger partial charge in [-0.2, -0.15) is 0 Å². The molecule has 0 bridgehead atoms. The van der Waals surface area contributed by atoms with E-state index in [-0.39, 0.29) is 11.9 Å². The second-order valence-corrected chi connectivity index (χ2v) is 7.60. The number of hydrogen-bond donors (Lipinski definition) is 1. The number of halogens is 1. The van der Waals surface area contributed by atoms with E-state index < -0.39 is 0 Å². The van der Waals surface area contributed by atoms with Crippen LogP contribution in [0, 0.1) is 0 Å². The summed E-state index contributed by atoms with van der Waals surface area (Å²) in [6.45, 7) is 1.99. The number of aromatic nitrogens is 1. The maximum Gasteiger partial charge on any atom is 0.252 e. The Morgan fingerprint density at radius 1 is 0.929 bits per heavy atom. The standard InChI is InChI=1S/C24H19BrN2O/c1-16(17-7-3-2-4-8-17)26-24(28)21-15-23(18-11-13-19(25)14-12-18)27-22-10-6-5-9-20(21)22/h2-16H,1H3,(H,26,28)/t16-/m0/s1. The summed E-state index contributed by atoms with van der Waals surface area (Å²) in [4.78, 5) is 17.9. The Bertz CT molecular complexity index is 1120. The van der Waals surface area contributed by atoms with Crippen LogP contribution >= 0.6 is 15.9 Å². The molecule has 1 heterocycles. The third-order valence-corrected chi connectivity index (χ3v) is 5.28. The highest BCUT2D eigenvalue weighted by Crippen LogP contribution is 2.26. The van der Waals surface area contributed by atoms with Gasteiger partial charge in [0, 0.05) is 15.4 Å². The molecule has 0 spiro atoms. The first-order chi connectivity index (χ1) is 13.6. The van der Waals surface area contributed by atoms with Crippen molar-refractivity contribution in [2.45, 2.75) is 13.0 Å². The van der Waals surface area contributed by atoms with E-state index in [1.165, 1.54) is 0 Å². The van der Waals surface area contributed by atoms with Crippen LogP contribution in [0.3, 0.4) is 0 Å². The number of amides is 1. The van der Waals surface area contributed by atoms with E-state index in [9.17, 15) is 4.79 Å². The Labute approximate surface area is 172 Å². The van der Waals surface area contributed by atoms with Gasteiger partial charge in [0.25, 0.3) is 5.91 Å². The molecule has 4 rings (SSSR count). The number of fused-ring (bicyclic) bond motifs is 1. The molecule has 4 heteroatoms. The van der Waals surface area contributed by atoms with Crippen LogP contribution in [0.25, 0.3) is 22.2 Å². The van der Waals surface area contributed by atoms with Crippen molar-refractivity contribution in [3.05, 3.63) is 101 Å². The van der Waals surface area contributed by atoms with Crippen LogP contribution in [0.1, 0.15) is 28.9 Å². The molecule has 0 saturated carbocycles. The number of carbonyl (C=O) groups excluding carboxylic acids is 1. The first kappa shape index (κ1) is 18.4. The van der Waals surface area contributed by atoms with E-state index in [1.807, 2.05) is 91.9 Å². The van der Waals surface area contributed by atoms with Gasteiger partial charge in [-0.05, 0) is 36.8 Å². The zero-order valence-corrected chi connectivity index (χ0v) is 17.0. The lowest BCUT2D eigenvalue weighted by Crippen LogP contribution is -2.27. The highest BCUT2D eigenvalue weighted by atomic mass is 79.9. The topological polar surface area (TPSA) is 42.0 Å². The van der Waals surface area contributed by atoms with Gasteiger partial charge in [0.15, 0.2) is 0 Å². The normalized spacial score (nSPS) is 11.9. The van der Waals surface area contributed by atoms with Gasteiger partial charge in [0.1, 0.15) is 0 Å². The van der Waals surface area contributed by atoms with Gasteiger partial charge in [-0.3, -0.25) is 4.79 Å². The Kier molecular flexibility index (Phi) is 5.22. The lowest BCUT2D eigenvalue weighted by Gasteiger charge is -2.16. The number of pyridine rings is 1. The van der Waals surface area contributed by atoms with E-state index in [4.69, 9.17) is 4.98 Å². The third-order valence-electron chi connectivity index (χ3n) is 4.75. The number of para-hydroxylation sites is 1. The Balaban J connectivity index is 1.74. The molecule has 0 aliphatic heterocycles. The average molecular weight is 431 g/mol. The summed E-state index contributed by atoms with van der Waals surface area (Å²) in [5, 5.41) is 3.97. The van der Waals surface area contributed by atoms with Crippen molar-refractivity contribution in [2.75, 3.05) is 0 Å². The minimum Gasteiger partial charge on any atom is -0.345 e. The molecular weight excluding hydrogens is 412 g/mol. The number of carbonyl (C=O) groups is 1. The van der Waals surface area contributed by atoms with Crippen molar-refractivity contribution in [3.63, 3.8) is 0 Å². The van der Waals surface area contributed by atoms with Gasteiger partial charge in [0.05, 0.1) is 22.8 Å². The minimum absolute atomic E-state index is 0.0863. The van der Waals surface area contributed by atoms with Gasteiger partial charge in [-0.1, -0.05) is 76.6 Å². The zero-order chi connectivity index (χ0) is 19.5. The molecule has 1 aromatic heterocycles. The summed E-state index contributed by atoms with van der Waals surface area (Å²) in [5.41, 5.74) is 4.26. The highest BCUT2D eigenvalue weighted by molar-refractivity contribution is 9.10. The maximum atomic E-state index is 13.1. The van der Waals surface area contributed by atoms with Crippen LogP contribution in [0.4, 0.5) is 0 Å². The van der Waals surface area contributed by atoms with E-state index in [0.717, 1.165) is 32.2 Å². The SMILES string of the molecule is C[C@H](NC(=O)c1cc(-c2ccc(Br)cc2)nc2ccccc12)c1ccccc1. The van der Waals surface area contributed by atoms with Gasteiger partial charge in [-0.25, -0.2) is 4.98 Å². The van der Waals surface area contributed by atoms with E-state index in [2.05, 4.69) is 21.2 Å². The lowest BCUT2D eigenvalue weighted by atomic mass is 10.0. The van der Waals surface area contributed by atoms with Crippen molar-refractivity contribution >= 4 is 32.7 Å². The Hall–Kier alpha value is -2.98. The maximum absolute atomic E-state index is 13.1. The molecule has 3 nitrogen and oxygen atoms in total. The zero-order valence-electron chi connectivity index (χ0n) is 15.4. The monoisotopic (exact) mass is 430 g/mol. The molecule has 28 heavy (non-hydrogen) atoms. The van der Waals surface area contributed by atoms with Crippen LogP contribution < -0.4 is 5.32 Å². The van der Waals surface area contributed by atoms with Crippen LogP contribution in [0.15, 0.2) is 89.4 Å². The lowest BCUT2D eigenvalue weighted by molar-refractivity contribution is 0.0941. The van der Waals surface area contributed by atoms with Gasteiger partial charge < -0.3 is 5.32 Å². The molecule has 3 aromatic carbocycles. The fourth-order valence-electron chi connectivity index (χ4n) is 3.23. The smallest absolute Gasteiger partial charge is 0.252 e. The summed E-state index contributed by atoms with van der Waals surface area (Å²) in [6.07, 6.45) is 0. The molecule has 138 valence electrons. The predicted molar refractivity (Wildman–Crippen MR) is 117 cm³/mol. The first-order valence-electron chi connectivity index (χ1n) is 9.13. The van der Waals surface area contributed by atoms with Crippen molar-refractivity contribution in [1.82, 2.24) is 10.3 Å². The number of nitrogens with one attached hydrogen (secondary N) is 1. The quantitative estimate of drug-likeness (QED) is 0.421. The summed E-state index contributed by atoms with van der Waals surface area (Å²) >= 11 is 3.46. The average Bonchev–Trinajstić information content (AvgIpc) is 2.74. The summed E-state index contributed by atoms with van der Waals surface area (Å²) in [6, 6.07) is 27.4. The first-order valence-corrected chi connectivity index (χ1v) is 9.92. The minimum atomic E-state index is -0.103. The van der Waals surface area contributed by atoms with Crippen LogP contribution in [-0.2, 0) is 0 Å². The largest absolute Gasteiger partial charge is 0.345 e. The van der Waals surface area contributed by atoms with Crippen molar-refractivity contribution in [2.24, 2.45) is 0 Å². The molecule has 1 amide bonds. The van der Waals surface area contributed by atoms with Crippen LogP contribution in [0.2, 0.25) is 0 Å². The second kappa shape index (κ2) is 7.95. The molecular formula is C24H19BrN2O. The van der Waals surface area contributed by atoms with Crippen molar-refractivity contribution in [3.8, 4) is 11.3 Å². The predicted octanol–water partition coefficient (Wildman–Crippen LogP) is 6.16. The summed E-state index contributed by atoms with van der Waals surface area (Å²) in [5.74, 6) is -0.103. The molecule has 0 aliphatic rings. The summed E-state index contributed by atoms with van der Waals surface area (Å²) in [7, 11) is 0. The molecule has 0 saturated heterocycles. The molecule has 0 unspecified atom stereocenters. The number of benzene rings is 3. The van der Waals surface area contributed by atoms with E-state index >= 15 is 0 Å². The van der Waals surface area contributed by atoms with Crippen LogP contribution in [0.5, 0.6) is 0 Å². The fourth-order valence-corrected chi connectivity index (χ4v) is 3.50. The molecule has 4 aromatic rings. The Morgan fingerprint density at radius 3 is 2.36 bits per heavy atom. The van der Waals surface area contributed by atoms with E-state index in [1.54, 1.807) is 0 Å². The Morgan fingerprint density at radius 2 is 1.61 bits per heavy atom. The molecule has 1 N–H and O–H groups in total. The highest BCUT2D eigenvalue weighted by Gasteiger charge is 2.16. The number of nitrogens with zero attached hydrogens (tertiary/aromatic N) is 1. The number of hydrogen-bond acceptors (Lipinski definition) is 2. The molecule has 0 aliphatic carbocycles. The van der Waals surface area contributed by atoms with E-state index in [0.29, 0.717) is 5.56 Å². The number of rotatable bonds is 4. The third kappa shape index (κ3) is 3.82. The van der Waals surface area contributed by atoms with Crippen molar-refractivity contribution < 1.29 is 4.79 Å².